The van der Waals surface area contributed by atoms with Crippen LogP contribution in [0.15, 0.2) is 12.1 Å². The molecule has 0 aliphatic carbocycles. The number of aromatic nitrogens is 1. The van der Waals surface area contributed by atoms with Crippen LogP contribution in [0.4, 0.5) is 17.3 Å². The number of nitrogens with one attached hydrogen (secondary N) is 1. The second-order valence-electron chi connectivity index (χ2n) is 5.63. The number of nitrogen functional groups attached to an aromatic ring is 1. The minimum atomic E-state index is -0.399. The molecule has 1 aromatic rings. The molecule has 1 aliphatic heterocycles. The topological polar surface area (TPSA) is 97.3 Å². The molecule has 0 saturated carbocycles. The van der Waals surface area contributed by atoms with Gasteiger partial charge in [0.05, 0.1) is 4.92 Å². The van der Waals surface area contributed by atoms with E-state index in [4.69, 9.17) is 5.84 Å². The molecule has 1 aliphatic rings. The quantitative estimate of drug-likeness (QED) is 0.492. The van der Waals surface area contributed by atoms with Crippen LogP contribution in [0.5, 0.6) is 0 Å². The molecule has 0 bridgehead atoms. The van der Waals surface area contributed by atoms with Gasteiger partial charge in [0.25, 0.3) is 0 Å². The average Bonchev–Trinajstić information content (AvgIpc) is 2.36. The van der Waals surface area contributed by atoms with Gasteiger partial charge in [-0.2, -0.15) is 0 Å². The number of piperidine rings is 1. The molecule has 19 heavy (non-hydrogen) atoms. The fourth-order valence-electron chi connectivity index (χ4n) is 2.50. The Labute approximate surface area is 111 Å². The van der Waals surface area contributed by atoms with Crippen molar-refractivity contribution in [2.75, 3.05) is 23.4 Å². The lowest BCUT2D eigenvalue weighted by atomic mass is 9.84. The van der Waals surface area contributed by atoms with Crippen LogP contribution in [0.25, 0.3) is 0 Å². The number of nitrogens with two attached hydrogens (primary N) is 1. The summed E-state index contributed by atoms with van der Waals surface area (Å²) in [7, 11) is 0. The zero-order chi connectivity index (χ0) is 14.0. The molecular weight excluding hydrogens is 246 g/mol. The second-order valence-corrected chi connectivity index (χ2v) is 5.63. The van der Waals surface area contributed by atoms with E-state index >= 15 is 0 Å². The van der Waals surface area contributed by atoms with Crippen LogP contribution in [0.3, 0.4) is 0 Å². The third-order valence-corrected chi connectivity index (χ3v) is 3.40. The molecule has 0 atom stereocenters. The maximum absolute atomic E-state index is 11.1. The number of rotatable bonds is 3. The first-order valence-electron chi connectivity index (χ1n) is 6.30. The van der Waals surface area contributed by atoms with Gasteiger partial charge < -0.3 is 10.3 Å². The molecule has 0 amide bonds. The van der Waals surface area contributed by atoms with Crippen LogP contribution in [-0.2, 0) is 0 Å². The third-order valence-electron chi connectivity index (χ3n) is 3.40. The number of pyridine rings is 1. The highest BCUT2D eigenvalue weighted by Gasteiger charge is 2.31. The number of anilines is 2. The van der Waals surface area contributed by atoms with E-state index in [0.29, 0.717) is 11.6 Å². The summed E-state index contributed by atoms with van der Waals surface area (Å²) in [5.74, 6) is 6.16. The number of hydrazine groups is 1. The maximum atomic E-state index is 11.1. The van der Waals surface area contributed by atoms with Gasteiger partial charge in [-0.1, -0.05) is 13.8 Å². The molecule has 0 spiro atoms. The molecule has 7 heteroatoms. The van der Waals surface area contributed by atoms with Gasteiger partial charge in [0.2, 0.25) is 5.82 Å². The Hall–Kier alpha value is -1.89. The lowest BCUT2D eigenvalue weighted by Crippen LogP contribution is -2.40. The zero-order valence-electron chi connectivity index (χ0n) is 11.2. The van der Waals surface area contributed by atoms with Crippen LogP contribution in [0, 0.1) is 15.5 Å². The highest BCUT2D eigenvalue weighted by atomic mass is 16.6. The van der Waals surface area contributed by atoms with Crippen LogP contribution in [0.1, 0.15) is 26.7 Å². The van der Waals surface area contributed by atoms with E-state index < -0.39 is 4.92 Å². The van der Waals surface area contributed by atoms with Crippen LogP contribution < -0.4 is 16.2 Å². The highest BCUT2D eigenvalue weighted by molar-refractivity contribution is 5.62. The van der Waals surface area contributed by atoms with Crippen LogP contribution >= 0.6 is 0 Å². The molecule has 2 heterocycles. The summed E-state index contributed by atoms with van der Waals surface area (Å²) in [6.45, 7) is 5.87. The van der Waals surface area contributed by atoms with Gasteiger partial charge in [0.1, 0.15) is 5.82 Å². The van der Waals surface area contributed by atoms with E-state index in [9.17, 15) is 10.1 Å². The van der Waals surface area contributed by atoms with Crippen molar-refractivity contribution >= 4 is 17.3 Å². The Balaban J connectivity index is 2.38. The standard InChI is InChI=1S/C12H19N5O2/c1-12(2)6-3-7-16(8-12)11-9(17(18)19)4-5-10(14-11)15-13/h4-5H,3,6-8,13H2,1-2H3,(H,14,15). The molecule has 1 saturated heterocycles. The molecule has 0 unspecified atom stereocenters. The van der Waals surface area contributed by atoms with Crippen molar-refractivity contribution in [1.82, 2.24) is 4.98 Å². The summed E-state index contributed by atoms with van der Waals surface area (Å²) in [4.78, 5) is 16.9. The number of hydrogen-bond donors (Lipinski definition) is 2. The molecule has 3 N–H and O–H groups in total. The monoisotopic (exact) mass is 265 g/mol. The van der Waals surface area contributed by atoms with E-state index in [1.807, 2.05) is 4.90 Å². The van der Waals surface area contributed by atoms with Gasteiger partial charge in [-0.05, 0) is 24.3 Å². The molecule has 0 radical (unpaired) electrons. The Bertz CT molecular complexity index is 489. The van der Waals surface area contributed by atoms with Gasteiger partial charge in [-0.25, -0.2) is 10.8 Å². The molecule has 104 valence electrons. The predicted molar refractivity (Wildman–Crippen MR) is 73.9 cm³/mol. The lowest BCUT2D eigenvalue weighted by Gasteiger charge is -2.38. The van der Waals surface area contributed by atoms with E-state index in [1.165, 1.54) is 12.1 Å². The summed E-state index contributed by atoms with van der Waals surface area (Å²) >= 11 is 0. The van der Waals surface area contributed by atoms with Gasteiger partial charge in [0.15, 0.2) is 0 Å². The van der Waals surface area contributed by atoms with Crippen molar-refractivity contribution in [3.63, 3.8) is 0 Å². The molecule has 7 nitrogen and oxygen atoms in total. The minimum Gasteiger partial charge on any atom is -0.350 e. The molecule has 1 fully saturated rings. The normalized spacial score (nSPS) is 18.2. The third kappa shape index (κ3) is 2.93. The number of nitro groups is 1. The Morgan fingerprint density at radius 1 is 1.53 bits per heavy atom. The molecular formula is C12H19N5O2. The number of hydrogen-bond acceptors (Lipinski definition) is 6. The fourth-order valence-corrected chi connectivity index (χ4v) is 2.50. The summed E-state index contributed by atoms with van der Waals surface area (Å²) in [5, 5.41) is 11.1. The van der Waals surface area contributed by atoms with Gasteiger partial charge in [-0.3, -0.25) is 10.1 Å². The lowest BCUT2D eigenvalue weighted by molar-refractivity contribution is -0.384. The van der Waals surface area contributed by atoms with Gasteiger partial charge in [0, 0.05) is 19.2 Å². The van der Waals surface area contributed by atoms with Crippen molar-refractivity contribution in [3.05, 3.63) is 22.2 Å². The van der Waals surface area contributed by atoms with Crippen LogP contribution in [-0.4, -0.2) is 23.0 Å². The zero-order valence-corrected chi connectivity index (χ0v) is 11.2. The van der Waals surface area contributed by atoms with E-state index in [0.717, 1.165) is 25.9 Å². The highest BCUT2D eigenvalue weighted by Crippen LogP contribution is 2.35. The summed E-state index contributed by atoms with van der Waals surface area (Å²) in [5.41, 5.74) is 2.60. The Morgan fingerprint density at radius 2 is 2.26 bits per heavy atom. The fraction of sp³-hybridized carbons (Fsp3) is 0.583. The van der Waals surface area contributed by atoms with Crippen molar-refractivity contribution < 1.29 is 4.92 Å². The summed E-state index contributed by atoms with van der Waals surface area (Å²) in [6, 6.07) is 2.95. The number of nitrogens with zero attached hydrogens (tertiary/aromatic N) is 3. The van der Waals surface area contributed by atoms with E-state index in [-0.39, 0.29) is 11.1 Å². The average molecular weight is 265 g/mol. The summed E-state index contributed by atoms with van der Waals surface area (Å²) in [6.07, 6.45) is 2.12. The first-order chi connectivity index (χ1) is 8.93. The minimum absolute atomic E-state index is 0.0247. The molecule has 2 rings (SSSR count). The van der Waals surface area contributed by atoms with Gasteiger partial charge >= 0.3 is 5.69 Å². The molecule has 0 aromatic carbocycles. The molecule has 1 aromatic heterocycles. The van der Waals surface area contributed by atoms with Crippen molar-refractivity contribution in [3.8, 4) is 0 Å². The van der Waals surface area contributed by atoms with Crippen molar-refractivity contribution in [2.45, 2.75) is 26.7 Å². The first-order valence-corrected chi connectivity index (χ1v) is 6.30. The van der Waals surface area contributed by atoms with Gasteiger partial charge in [-0.15, -0.1) is 0 Å². The Kier molecular flexibility index (Phi) is 3.57. The van der Waals surface area contributed by atoms with E-state index in [1.54, 1.807) is 0 Å². The van der Waals surface area contributed by atoms with Crippen molar-refractivity contribution in [1.29, 1.82) is 0 Å². The second kappa shape index (κ2) is 5.00. The SMILES string of the molecule is CC1(C)CCCN(c2nc(NN)ccc2[N+](=O)[O-])C1. The largest absolute Gasteiger partial charge is 0.350 e. The summed E-state index contributed by atoms with van der Waals surface area (Å²) < 4.78 is 0. The van der Waals surface area contributed by atoms with Crippen molar-refractivity contribution in [2.24, 2.45) is 11.3 Å². The predicted octanol–water partition coefficient (Wildman–Crippen LogP) is 1.90. The maximum Gasteiger partial charge on any atom is 0.311 e. The Morgan fingerprint density at radius 3 is 2.84 bits per heavy atom. The first kappa shape index (κ1) is 13.5. The smallest absolute Gasteiger partial charge is 0.311 e. The van der Waals surface area contributed by atoms with Crippen LogP contribution in [0.2, 0.25) is 0 Å². The van der Waals surface area contributed by atoms with E-state index in [2.05, 4.69) is 24.3 Å².